The summed E-state index contributed by atoms with van der Waals surface area (Å²) in [6.45, 7) is 1.49. The van der Waals surface area contributed by atoms with E-state index >= 15 is 0 Å². The summed E-state index contributed by atoms with van der Waals surface area (Å²) in [5.74, 6) is -3.26. The van der Waals surface area contributed by atoms with E-state index in [2.05, 4.69) is 0 Å². The molecule has 156 valence electrons. The highest BCUT2D eigenvalue weighted by Crippen LogP contribution is 2.43. The van der Waals surface area contributed by atoms with Gasteiger partial charge in [-0.3, -0.25) is 0 Å². The minimum Gasteiger partial charge on any atom is -0.485 e. The minimum atomic E-state index is -1.92. The van der Waals surface area contributed by atoms with E-state index in [1.807, 2.05) is 60.7 Å². The molecule has 0 saturated carbocycles. The predicted octanol–water partition coefficient (Wildman–Crippen LogP) is 5.14. The van der Waals surface area contributed by atoms with Crippen molar-refractivity contribution in [3.63, 3.8) is 0 Å². The normalized spacial score (nSPS) is 18.5. The van der Waals surface area contributed by atoms with E-state index in [0.29, 0.717) is 0 Å². The van der Waals surface area contributed by atoms with Crippen LogP contribution in [0.4, 0.5) is 4.39 Å². The van der Waals surface area contributed by atoms with Crippen LogP contribution < -0.4 is 4.74 Å². The third-order valence-corrected chi connectivity index (χ3v) is 4.95. The number of hydrogen-bond donors (Lipinski definition) is 1. The van der Waals surface area contributed by atoms with E-state index in [-0.39, 0.29) is 29.1 Å². The summed E-state index contributed by atoms with van der Waals surface area (Å²) >= 11 is 0. The Morgan fingerprint density at radius 2 is 1.65 bits per heavy atom. The Morgan fingerprint density at radius 3 is 2.35 bits per heavy atom. The minimum absolute atomic E-state index is 0.0504. The fraction of sp³-hybridized carbons (Fsp3) is 0.115. The number of carbonyl (C=O) groups is 1. The number of benzene rings is 3. The molecule has 1 unspecified atom stereocenters. The Kier molecular flexibility index (Phi) is 5.69. The Bertz CT molecular complexity index is 1150. The van der Waals surface area contributed by atoms with Gasteiger partial charge in [-0.2, -0.15) is 0 Å². The standard InChI is InChI=1S/C26H21FO4/c1-26(29)23(21(25(28)31-26)16-15-18-9-4-2-5-10-18)20-13-8-14-22(27)24(20)30-17-19-11-6-3-7-12-19/h2-16,29H,17H2,1H3. The van der Waals surface area contributed by atoms with Gasteiger partial charge in [-0.15, -0.1) is 0 Å². The molecule has 0 aliphatic carbocycles. The number of ether oxygens (including phenoxy) is 2. The van der Waals surface area contributed by atoms with Gasteiger partial charge in [0.25, 0.3) is 0 Å². The van der Waals surface area contributed by atoms with Crippen LogP contribution in [0.3, 0.4) is 0 Å². The number of esters is 1. The van der Waals surface area contributed by atoms with Crippen LogP contribution in [0.1, 0.15) is 23.6 Å². The van der Waals surface area contributed by atoms with Gasteiger partial charge in [0, 0.05) is 18.1 Å². The van der Waals surface area contributed by atoms with Crippen LogP contribution in [0.25, 0.3) is 11.6 Å². The average molecular weight is 416 g/mol. The molecule has 3 aromatic rings. The van der Waals surface area contributed by atoms with Crippen molar-refractivity contribution in [1.82, 2.24) is 0 Å². The molecule has 5 heteroatoms. The summed E-state index contributed by atoms with van der Waals surface area (Å²) in [4.78, 5) is 12.5. The molecule has 4 nitrogen and oxygen atoms in total. The van der Waals surface area contributed by atoms with Crippen molar-refractivity contribution in [2.45, 2.75) is 19.3 Å². The zero-order valence-corrected chi connectivity index (χ0v) is 16.9. The van der Waals surface area contributed by atoms with E-state index in [4.69, 9.17) is 9.47 Å². The molecule has 1 N–H and O–H groups in total. The van der Waals surface area contributed by atoms with Gasteiger partial charge in [0.1, 0.15) is 6.61 Å². The number of para-hydroxylation sites is 1. The van der Waals surface area contributed by atoms with Crippen LogP contribution in [0.5, 0.6) is 5.75 Å². The lowest BCUT2D eigenvalue weighted by atomic mass is 9.94. The summed E-state index contributed by atoms with van der Waals surface area (Å²) in [6, 6.07) is 23.1. The van der Waals surface area contributed by atoms with Crippen molar-refractivity contribution >= 4 is 17.6 Å². The molecular formula is C26H21FO4. The molecule has 1 aliphatic rings. The molecule has 4 rings (SSSR count). The Labute approximate surface area is 179 Å². The van der Waals surface area contributed by atoms with Gasteiger partial charge < -0.3 is 14.6 Å². The summed E-state index contributed by atoms with van der Waals surface area (Å²) in [5, 5.41) is 10.8. The van der Waals surface area contributed by atoms with Gasteiger partial charge in [0.2, 0.25) is 5.79 Å². The molecule has 1 heterocycles. The van der Waals surface area contributed by atoms with Crippen LogP contribution in [0, 0.1) is 5.82 Å². The number of carbonyl (C=O) groups excluding carboxylic acids is 1. The maximum Gasteiger partial charge on any atom is 0.341 e. The van der Waals surface area contributed by atoms with Gasteiger partial charge in [0.15, 0.2) is 11.6 Å². The fourth-order valence-corrected chi connectivity index (χ4v) is 3.51. The fourth-order valence-electron chi connectivity index (χ4n) is 3.51. The van der Waals surface area contributed by atoms with Gasteiger partial charge in [0.05, 0.1) is 5.57 Å². The lowest BCUT2D eigenvalue weighted by Crippen LogP contribution is -2.26. The number of halogens is 1. The lowest BCUT2D eigenvalue weighted by molar-refractivity contribution is -0.170. The monoisotopic (exact) mass is 416 g/mol. The second-order valence-corrected chi connectivity index (χ2v) is 7.30. The highest BCUT2D eigenvalue weighted by molar-refractivity contribution is 6.07. The van der Waals surface area contributed by atoms with Crippen molar-refractivity contribution < 1.29 is 23.8 Å². The van der Waals surface area contributed by atoms with E-state index in [1.165, 1.54) is 19.1 Å². The Balaban J connectivity index is 1.77. The third kappa shape index (κ3) is 4.42. The van der Waals surface area contributed by atoms with E-state index in [1.54, 1.807) is 18.2 Å². The second kappa shape index (κ2) is 8.58. The summed E-state index contributed by atoms with van der Waals surface area (Å²) in [6.07, 6.45) is 3.31. The van der Waals surface area contributed by atoms with E-state index in [0.717, 1.165) is 11.1 Å². The molecule has 0 fully saturated rings. The molecule has 3 aromatic carbocycles. The SMILES string of the molecule is CC1(O)OC(=O)C(C=Cc2ccccc2)=C1c1cccc(F)c1OCc1ccccc1. The zero-order valence-electron chi connectivity index (χ0n) is 16.9. The molecule has 31 heavy (non-hydrogen) atoms. The Morgan fingerprint density at radius 1 is 0.968 bits per heavy atom. The number of rotatable bonds is 6. The molecule has 0 saturated heterocycles. The maximum atomic E-state index is 14.8. The predicted molar refractivity (Wildman–Crippen MR) is 116 cm³/mol. The first-order valence-corrected chi connectivity index (χ1v) is 9.85. The number of cyclic esters (lactones) is 1. The lowest BCUT2D eigenvalue weighted by Gasteiger charge is -2.22. The van der Waals surface area contributed by atoms with Gasteiger partial charge in [-0.1, -0.05) is 78.9 Å². The third-order valence-electron chi connectivity index (χ3n) is 4.95. The van der Waals surface area contributed by atoms with Gasteiger partial charge in [-0.05, 0) is 23.3 Å². The van der Waals surface area contributed by atoms with Crippen molar-refractivity contribution in [1.29, 1.82) is 0 Å². The van der Waals surface area contributed by atoms with E-state index in [9.17, 15) is 14.3 Å². The van der Waals surface area contributed by atoms with Crippen molar-refractivity contribution in [3.8, 4) is 5.75 Å². The summed E-state index contributed by atoms with van der Waals surface area (Å²) in [5.41, 5.74) is 2.30. The van der Waals surface area contributed by atoms with E-state index < -0.39 is 17.6 Å². The number of aliphatic hydroxyl groups is 1. The highest BCUT2D eigenvalue weighted by Gasteiger charge is 2.43. The molecule has 0 amide bonds. The average Bonchev–Trinajstić information content (AvgIpc) is 3.00. The molecule has 0 aromatic heterocycles. The van der Waals surface area contributed by atoms with Crippen molar-refractivity contribution in [3.05, 3.63) is 113 Å². The summed E-state index contributed by atoms with van der Waals surface area (Å²) < 4.78 is 25.7. The molecule has 0 radical (unpaired) electrons. The molecule has 1 atom stereocenters. The maximum absolute atomic E-state index is 14.8. The van der Waals surface area contributed by atoms with Crippen molar-refractivity contribution in [2.75, 3.05) is 0 Å². The molecule has 0 bridgehead atoms. The van der Waals surface area contributed by atoms with Crippen LogP contribution in [0.2, 0.25) is 0 Å². The second-order valence-electron chi connectivity index (χ2n) is 7.30. The molecule has 1 aliphatic heterocycles. The van der Waals surface area contributed by atoms with Crippen LogP contribution in [-0.2, 0) is 16.1 Å². The smallest absolute Gasteiger partial charge is 0.341 e. The van der Waals surface area contributed by atoms with Gasteiger partial charge >= 0.3 is 5.97 Å². The Hall–Kier alpha value is -3.70. The summed E-state index contributed by atoms with van der Waals surface area (Å²) in [7, 11) is 0. The highest BCUT2D eigenvalue weighted by atomic mass is 19.1. The molecular weight excluding hydrogens is 395 g/mol. The molecule has 0 spiro atoms. The topological polar surface area (TPSA) is 55.8 Å². The first kappa shape index (κ1) is 20.6. The quantitative estimate of drug-likeness (QED) is 0.566. The van der Waals surface area contributed by atoms with Crippen molar-refractivity contribution in [2.24, 2.45) is 0 Å². The van der Waals surface area contributed by atoms with Gasteiger partial charge in [-0.25, -0.2) is 9.18 Å². The van der Waals surface area contributed by atoms with Crippen LogP contribution in [-0.4, -0.2) is 16.9 Å². The number of hydrogen-bond acceptors (Lipinski definition) is 4. The van der Waals surface area contributed by atoms with Crippen LogP contribution in [0.15, 0.2) is 90.5 Å². The first-order valence-electron chi connectivity index (χ1n) is 9.85. The largest absolute Gasteiger partial charge is 0.485 e. The zero-order chi connectivity index (χ0) is 21.8. The first-order chi connectivity index (χ1) is 15.0. The van der Waals surface area contributed by atoms with Crippen LogP contribution >= 0.6 is 0 Å².